The lowest BCUT2D eigenvalue weighted by atomic mass is 9.93. The van der Waals surface area contributed by atoms with E-state index in [0.717, 1.165) is 32.4 Å². The number of halogens is 1. The van der Waals surface area contributed by atoms with Crippen LogP contribution in [0.2, 0.25) is 0 Å². The van der Waals surface area contributed by atoms with Crippen molar-refractivity contribution in [3.8, 4) is 0 Å². The van der Waals surface area contributed by atoms with Crippen molar-refractivity contribution in [2.45, 2.75) is 57.8 Å². The normalized spacial score (nSPS) is 19.1. The van der Waals surface area contributed by atoms with Gasteiger partial charge in [-0.2, -0.15) is 0 Å². The molecule has 0 bridgehead atoms. The largest absolute Gasteiger partial charge is 0.352 e. The van der Waals surface area contributed by atoms with E-state index in [1.54, 1.807) is 0 Å². The van der Waals surface area contributed by atoms with Crippen LogP contribution in [0.15, 0.2) is 0 Å². The summed E-state index contributed by atoms with van der Waals surface area (Å²) in [6.45, 7) is 9.28. The van der Waals surface area contributed by atoms with Gasteiger partial charge in [-0.1, -0.05) is 43.6 Å². The van der Waals surface area contributed by atoms with E-state index in [1.807, 2.05) is 32.6 Å². The van der Waals surface area contributed by atoms with Gasteiger partial charge in [-0.05, 0) is 19.3 Å². The predicted molar refractivity (Wildman–Crippen MR) is 80.2 cm³/mol. The molecule has 1 rings (SSSR count). The molecular weight excluding hydrogens is 308 g/mol. The topological polar surface area (TPSA) is 49.4 Å². The molecule has 0 aromatic rings. The summed E-state index contributed by atoms with van der Waals surface area (Å²) in [4.78, 5) is 25.7. The van der Waals surface area contributed by atoms with E-state index in [4.69, 9.17) is 0 Å². The maximum atomic E-state index is 12.1. The van der Waals surface area contributed by atoms with E-state index in [0.29, 0.717) is 0 Å². The van der Waals surface area contributed by atoms with E-state index < -0.39 is 0 Å². The summed E-state index contributed by atoms with van der Waals surface area (Å²) in [5, 5.41) is 3.04. The number of hydrogen-bond donors (Lipinski definition) is 1. The van der Waals surface area contributed by atoms with Gasteiger partial charge in [0.2, 0.25) is 11.8 Å². The second-order valence-electron chi connectivity index (χ2n) is 6.20. The van der Waals surface area contributed by atoms with E-state index in [2.05, 4.69) is 21.2 Å². The number of amides is 2. The molecular formula is C14H25BrN2O2. The number of carbonyl (C=O) groups is 2. The Morgan fingerprint density at radius 2 is 1.84 bits per heavy atom. The highest BCUT2D eigenvalue weighted by molar-refractivity contribution is 9.10. The van der Waals surface area contributed by atoms with Gasteiger partial charge in [-0.15, -0.1) is 0 Å². The van der Waals surface area contributed by atoms with Gasteiger partial charge in [0.1, 0.15) is 0 Å². The highest BCUT2D eigenvalue weighted by Gasteiger charge is 2.31. The van der Waals surface area contributed by atoms with Gasteiger partial charge in [0.15, 0.2) is 0 Å². The zero-order chi connectivity index (χ0) is 14.6. The van der Waals surface area contributed by atoms with E-state index in [-0.39, 0.29) is 28.1 Å². The van der Waals surface area contributed by atoms with Crippen molar-refractivity contribution in [2.24, 2.45) is 5.41 Å². The Hall–Kier alpha value is -0.580. The zero-order valence-corrected chi connectivity index (χ0v) is 13.9. The third kappa shape index (κ3) is 4.79. The fourth-order valence-electron chi connectivity index (χ4n) is 2.18. The number of nitrogens with one attached hydrogen (secondary N) is 1. The minimum Gasteiger partial charge on any atom is -0.352 e. The summed E-state index contributed by atoms with van der Waals surface area (Å²) < 4.78 is 0. The standard InChI is InChI=1S/C14H25BrN2O2/c1-5-11(15)12(18)16-10-6-8-17(9-7-10)13(19)14(2,3)4/h10-11H,5-9H2,1-4H3,(H,16,18). The number of hydrogen-bond acceptors (Lipinski definition) is 2. The Balaban J connectivity index is 2.41. The van der Waals surface area contributed by atoms with Crippen LogP contribution in [-0.2, 0) is 9.59 Å². The summed E-state index contributed by atoms with van der Waals surface area (Å²) >= 11 is 3.35. The van der Waals surface area contributed by atoms with Crippen molar-refractivity contribution in [1.82, 2.24) is 10.2 Å². The number of nitrogens with zero attached hydrogens (tertiary/aromatic N) is 1. The molecule has 4 nitrogen and oxygen atoms in total. The number of carbonyl (C=O) groups excluding carboxylic acids is 2. The van der Waals surface area contributed by atoms with E-state index in [9.17, 15) is 9.59 Å². The molecule has 5 heteroatoms. The fraction of sp³-hybridized carbons (Fsp3) is 0.857. The van der Waals surface area contributed by atoms with Gasteiger partial charge in [0.25, 0.3) is 0 Å². The number of alkyl halides is 1. The van der Waals surface area contributed by atoms with Gasteiger partial charge in [-0.25, -0.2) is 0 Å². The van der Waals surface area contributed by atoms with Crippen molar-refractivity contribution in [1.29, 1.82) is 0 Å². The van der Waals surface area contributed by atoms with E-state index >= 15 is 0 Å². The molecule has 2 amide bonds. The molecule has 0 saturated carbocycles. The molecule has 1 aliphatic rings. The minimum atomic E-state index is -0.320. The molecule has 1 fully saturated rings. The summed E-state index contributed by atoms with van der Waals surface area (Å²) in [6, 6.07) is 0.197. The maximum absolute atomic E-state index is 12.1. The highest BCUT2D eigenvalue weighted by Crippen LogP contribution is 2.21. The molecule has 0 aromatic heterocycles. The third-order valence-electron chi connectivity index (χ3n) is 3.41. The average molecular weight is 333 g/mol. The van der Waals surface area contributed by atoms with Crippen LogP contribution in [-0.4, -0.2) is 40.7 Å². The molecule has 0 aromatic carbocycles. The summed E-state index contributed by atoms with van der Waals surface area (Å²) in [5.74, 6) is 0.257. The van der Waals surface area contributed by atoms with Crippen LogP contribution in [0, 0.1) is 5.41 Å². The molecule has 1 N–H and O–H groups in total. The summed E-state index contributed by atoms with van der Waals surface area (Å²) in [7, 11) is 0. The molecule has 0 aliphatic carbocycles. The first-order chi connectivity index (χ1) is 8.75. The van der Waals surface area contributed by atoms with Crippen molar-refractivity contribution in [3.63, 3.8) is 0 Å². The van der Waals surface area contributed by atoms with Crippen LogP contribution < -0.4 is 5.32 Å². The first-order valence-corrected chi connectivity index (χ1v) is 7.91. The SMILES string of the molecule is CCC(Br)C(=O)NC1CCN(C(=O)C(C)(C)C)CC1. The smallest absolute Gasteiger partial charge is 0.233 e. The molecule has 110 valence electrons. The number of likely N-dealkylation sites (tertiary alicyclic amines) is 1. The summed E-state index contributed by atoms with van der Waals surface area (Å²) in [6.07, 6.45) is 2.47. The van der Waals surface area contributed by atoms with Crippen LogP contribution in [0.5, 0.6) is 0 Å². The molecule has 1 atom stereocenters. The third-order valence-corrected chi connectivity index (χ3v) is 4.48. The Morgan fingerprint density at radius 1 is 1.32 bits per heavy atom. The Morgan fingerprint density at radius 3 is 2.26 bits per heavy atom. The second kappa shape index (κ2) is 6.73. The lowest BCUT2D eigenvalue weighted by Crippen LogP contribution is -2.50. The zero-order valence-electron chi connectivity index (χ0n) is 12.3. The van der Waals surface area contributed by atoms with Crippen molar-refractivity contribution >= 4 is 27.7 Å². The van der Waals surface area contributed by atoms with Gasteiger partial charge >= 0.3 is 0 Å². The first kappa shape index (κ1) is 16.5. The highest BCUT2D eigenvalue weighted by atomic mass is 79.9. The molecule has 0 radical (unpaired) electrons. The minimum absolute atomic E-state index is 0.0584. The second-order valence-corrected chi connectivity index (χ2v) is 7.31. The quantitative estimate of drug-likeness (QED) is 0.806. The van der Waals surface area contributed by atoms with Gasteiger partial charge in [-0.3, -0.25) is 9.59 Å². The molecule has 1 unspecified atom stereocenters. The van der Waals surface area contributed by atoms with Crippen LogP contribution in [0.25, 0.3) is 0 Å². The predicted octanol–water partition coefficient (Wildman–Crippen LogP) is 2.31. The van der Waals surface area contributed by atoms with Crippen LogP contribution in [0.1, 0.15) is 47.0 Å². The van der Waals surface area contributed by atoms with E-state index in [1.165, 1.54) is 0 Å². The van der Waals surface area contributed by atoms with Crippen LogP contribution in [0.4, 0.5) is 0 Å². The summed E-state index contributed by atoms with van der Waals surface area (Å²) in [5.41, 5.74) is -0.320. The maximum Gasteiger partial charge on any atom is 0.233 e. The van der Waals surface area contributed by atoms with Crippen molar-refractivity contribution in [2.75, 3.05) is 13.1 Å². The molecule has 1 saturated heterocycles. The first-order valence-electron chi connectivity index (χ1n) is 6.99. The van der Waals surface area contributed by atoms with Crippen molar-refractivity contribution < 1.29 is 9.59 Å². The monoisotopic (exact) mass is 332 g/mol. The van der Waals surface area contributed by atoms with Crippen molar-refractivity contribution in [3.05, 3.63) is 0 Å². The Bertz CT molecular complexity index is 331. The molecule has 1 heterocycles. The number of piperidine rings is 1. The van der Waals surface area contributed by atoms with Gasteiger partial charge in [0, 0.05) is 24.5 Å². The van der Waals surface area contributed by atoms with Gasteiger partial charge < -0.3 is 10.2 Å². The van der Waals surface area contributed by atoms with Crippen LogP contribution in [0.3, 0.4) is 0 Å². The lowest BCUT2D eigenvalue weighted by Gasteiger charge is -2.36. The fourth-order valence-corrected chi connectivity index (χ4v) is 2.31. The molecule has 19 heavy (non-hydrogen) atoms. The Kier molecular flexibility index (Phi) is 5.83. The Labute approximate surface area is 124 Å². The van der Waals surface area contributed by atoms with Crippen LogP contribution >= 0.6 is 15.9 Å². The number of rotatable bonds is 3. The molecule has 1 aliphatic heterocycles. The lowest BCUT2D eigenvalue weighted by molar-refractivity contribution is -0.140. The molecule has 0 spiro atoms. The average Bonchev–Trinajstić information content (AvgIpc) is 2.36. The van der Waals surface area contributed by atoms with Gasteiger partial charge in [0.05, 0.1) is 4.83 Å².